The number of anilines is 2. The minimum Gasteiger partial charge on any atom is -0.378 e. The van der Waals surface area contributed by atoms with Crippen LogP contribution in [0.15, 0.2) is 36.4 Å². The number of hydrogen-bond donors (Lipinski definition) is 2. The molecule has 0 radical (unpaired) electrons. The van der Waals surface area contributed by atoms with Crippen LogP contribution in [0.2, 0.25) is 5.02 Å². The fourth-order valence-corrected chi connectivity index (χ4v) is 4.81. The molecule has 4 rings (SSSR count). The van der Waals surface area contributed by atoms with Gasteiger partial charge in [-0.05, 0) is 71.2 Å². The number of carbonyl (C=O) groups is 1. The largest absolute Gasteiger partial charge is 0.378 e. The van der Waals surface area contributed by atoms with Crippen LogP contribution in [0.5, 0.6) is 0 Å². The quantitative estimate of drug-likeness (QED) is 0.364. The van der Waals surface area contributed by atoms with Gasteiger partial charge in [-0.2, -0.15) is 0 Å². The van der Waals surface area contributed by atoms with Gasteiger partial charge in [0.15, 0.2) is 10.2 Å². The molecule has 0 bridgehead atoms. The molecule has 29 heavy (non-hydrogen) atoms. The van der Waals surface area contributed by atoms with Crippen LogP contribution in [0, 0.1) is 3.57 Å². The van der Waals surface area contributed by atoms with Crippen LogP contribution in [-0.2, 0) is 4.74 Å². The van der Waals surface area contributed by atoms with Crippen LogP contribution in [0.1, 0.15) is 10.4 Å². The Morgan fingerprint density at radius 1 is 1.24 bits per heavy atom. The molecule has 2 aromatic carbocycles. The third-order valence-corrected chi connectivity index (χ3v) is 6.51. The molecule has 150 valence electrons. The number of thiazole rings is 1. The topological polar surface area (TPSA) is 66.5 Å². The first-order valence-electron chi connectivity index (χ1n) is 8.80. The Kier molecular flexibility index (Phi) is 6.50. The second kappa shape index (κ2) is 9.09. The van der Waals surface area contributed by atoms with E-state index in [0.29, 0.717) is 15.7 Å². The summed E-state index contributed by atoms with van der Waals surface area (Å²) < 4.78 is 7.38. The summed E-state index contributed by atoms with van der Waals surface area (Å²) in [6.07, 6.45) is 0. The van der Waals surface area contributed by atoms with E-state index < -0.39 is 0 Å². The van der Waals surface area contributed by atoms with Crippen molar-refractivity contribution in [2.24, 2.45) is 0 Å². The average molecular weight is 559 g/mol. The maximum absolute atomic E-state index is 12.5. The van der Waals surface area contributed by atoms with Gasteiger partial charge in [0.05, 0.1) is 34.0 Å². The van der Waals surface area contributed by atoms with Gasteiger partial charge < -0.3 is 15.0 Å². The van der Waals surface area contributed by atoms with E-state index in [-0.39, 0.29) is 11.0 Å². The minimum atomic E-state index is -0.360. The molecule has 0 atom stereocenters. The summed E-state index contributed by atoms with van der Waals surface area (Å²) in [5, 5.41) is 6.83. The number of amides is 1. The van der Waals surface area contributed by atoms with Gasteiger partial charge in [0.2, 0.25) is 0 Å². The first-order valence-corrected chi connectivity index (χ1v) is 11.5. The van der Waals surface area contributed by atoms with Gasteiger partial charge in [-0.25, -0.2) is 4.98 Å². The van der Waals surface area contributed by atoms with E-state index in [1.807, 2.05) is 12.1 Å². The molecular formula is C19H16ClIN4O2S2. The highest BCUT2D eigenvalue weighted by molar-refractivity contribution is 14.1. The van der Waals surface area contributed by atoms with E-state index in [1.165, 1.54) is 11.3 Å². The van der Waals surface area contributed by atoms with Crippen molar-refractivity contribution in [1.29, 1.82) is 0 Å². The molecule has 10 heteroatoms. The molecule has 0 saturated carbocycles. The molecule has 1 fully saturated rings. The molecule has 1 aliphatic heterocycles. The second-order valence-electron chi connectivity index (χ2n) is 6.30. The zero-order valence-corrected chi connectivity index (χ0v) is 19.6. The maximum Gasteiger partial charge on any atom is 0.258 e. The van der Waals surface area contributed by atoms with Crippen molar-refractivity contribution in [3.63, 3.8) is 0 Å². The first kappa shape index (κ1) is 20.7. The summed E-state index contributed by atoms with van der Waals surface area (Å²) >= 11 is 15.0. The van der Waals surface area contributed by atoms with Crippen LogP contribution in [0.25, 0.3) is 10.2 Å². The van der Waals surface area contributed by atoms with Gasteiger partial charge in [-0.1, -0.05) is 22.9 Å². The van der Waals surface area contributed by atoms with Crippen molar-refractivity contribution in [3.8, 4) is 0 Å². The number of thiocarbonyl (C=S) groups is 1. The van der Waals surface area contributed by atoms with Crippen molar-refractivity contribution in [3.05, 3.63) is 50.6 Å². The van der Waals surface area contributed by atoms with Crippen molar-refractivity contribution in [2.45, 2.75) is 0 Å². The normalized spacial score (nSPS) is 14.1. The second-order valence-corrected chi connectivity index (χ2v) is 9.39. The number of halogens is 2. The van der Waals surface area contributed by atoms with Crippen LogP contribution >= 0.6 is 57.7 Å². The molecule has 3 aromatic rings. The zero-order chi connectivity index (χ0) is 20.4. The number of hydrogen-bond acceptors (Lipinski definition) is 6. The van der Waals surface area contributed by atoms with Gasteiger partial charge in [0.25, 0.3) is 5.91 Å². The molecule has 1 aliphatic rings. The molecule has 0 aliphatic carbocycles. The SMILES string of the molecule is O=C(NC(=S)Nc1nc2ccc(N3CCOCC3)cc2s1)c1cc(I)ccc1Cl. The molecule has 2 N–H and O–H groups in total. The smallest absolute Gasteiger partial charge is 0.258 e. The van der Waals surface area contributed by atoms with Crippen LogP contribution < -0.4 is 15.5 Å². The number of nitrogens with zero attached hydrogens (tertiary/aromatic N) is 2. The maximum atomic E-state index is 12.5. The van der Waals surface area contributed by atoms with Crippen molar-refractivity contribution in [1.82, 2.24) is 10.3 Å². The summed E-state index contributed by atoms with van der Waals surface area (Å²) in [5.41, 5.74) is 2.41. The van der Waals surface area contributed by atoms with Gasteiger partial charge in [0, 0.05) is 22.3 Å². The Bertz CT molecular complexity index is 1090. The number of carbonyl (C=O) groups excluding carboxylic acids is 1. The van der Waals surface area contributed by atoms with E-state index in [1.54, 1.807) is 12.1 Å². The predicted molar refractivity (Wildman–Crippen MR) is 131 cm³/mol. The number of morpholine rings is 1. The molecule has 2 heterocycles. The van der Waals surface area contributed by atoms with Crippen LogP contribution in [0.3, 0.4) is 0 Å². The highest BCUT2D eigenvalue weighted by atomic mass is 127. The molecule has 0 unspecified atom stereocenters. The number of benzene rings is 2. The zero-order valence-electron chi connectivity index (χ0n) is 15.1. The van der Waals surface area contributed by atoms with E-state index in [0.717, 1.165) is 45.8 Å². The van der Waals surface area contributed by atoms with Gasteiger partial charge in [0.1, 0.15) is 0 Å². The molecule has 1 aromatic heterocycles. The summed E-state index contributed by atoms with van der Waals surface area (Å²) in [4.78, 5) is 19.3. The minimum absolute atomic E-state index is 0.178. The Labute approximate surface area is 195 Å². The molecular weight excluding hydrogens is 543 g/mol. The average Bonchev–Trinajstić information content (AvgIpc) is 3.11. The Hall–Kier alpha value is -1.53. The summed E-state index contributed by atoms with van der Waals surface area (Å²) in [6, 6.07) is 11.4. The van der Waals surface area contributed by atoms with E-state index in [9.17, 15) is 4.79 Å². The third-order valence-electron chi connectivity index (χ3n) is 4.37. The summed E-state index contributed by atoms with van der Waals surface area (Å²) in [6.45, 7) is 3.25. The molecule has 0 spiro atoms. The highest BCUT2D eigenvalue weighted by Gasteiger charge is 2.15. The standard InChI is InChI=1S/C19H16ClIN4O2S2/c20-14-3-1-11(21)9-13(14)17(26)23-18(28)24-19-22-15-4-2-12(10-16(15)29-19)25-5-7-27-8-6-25/h1-4,9-10H,5-8H2,(H2,22,23,24,26,28). The monoisotopic (exact) mass is 558 g/mol. The molecule has 1 amide bonds. The fraction of sp³-hybridized carbons (Fsp3) is 0.211. The number of rotatable bonds is 3. The van der Waals surface area contributed by atoms with Gasteiger partial charge in [-0.3, -0.25) is 10.1 Å². The van der Waals surface area contributed by atoms with Gasteiger partial charge >= 0.3 is 0 Å². The molecule has 6 nitrogen and oxygen atoms in total. The summed E-state index contributed by atoms with van der Waals surface area (Å²) in [7, 11) is 0. The van der Waals surface area contributed by atoms with Gasteiger partial charge in [-0.15, -0.1) is 0 Å². The number of nitrogens with one attached hydrogen (secondary N) is 2. The first-order chi connectivity index (χ1) is 14.0. The lowest BCUT2D eigenvalue weighted by molar-refractivity contribution is 0.0978. The van der Waals surface area contributed by atoms with E-state index >= 15 is 0 Å². The summed E-state index contributed by atoms with van der Waals surface area (Å²) in [5.74, 6) is -0.360. The van der Waals surface area contributed by atoms with E-state index in [2.05, 4.69) is 55.2 Å². The Morgan fingerprint density at radius 2 is 2.03 bits per heavy atom. The number of fused-ring (bicyclic) bond motifs is 1. The predicted octanol–water partition coefficient (Wildman–Crippen LogP) is 4.52. The van der Waals surface area contributed by atoms with Crippen LogP contribution in [-0.4, -0.2) is 42.3 Å². The fourth-order valence-electron chi connectivity index (χ4n) is 2.96. The Balaban J connectivity index is 1.45. The van der Waals surface area contributed by atoms with Crippen molar-refractivity contribution >= 4 is 89.8 Å². The third kappa shape index (κ3) is 4.97. The van der Waals surface area contributed by atoms with Crippen molar-refractivity contribution in [2.75, 3.05) is 36.5 Å². The Morgan fingerprint density at radius 3 is 2.83 bits per heavy atom. The van der Waals surface area contributed by atoms with Crippen molar-refractivity contribution < 1.29 is 9.53 Å². The highest BCUT2D eigenvalue weighted by Crippen LogP contribution is 2.30. The molecule has 1 saturated heterocycles. The number of aromatic nitrogens is 1. The van der Waals surface area contributed by atoms with E-state index in [4.69, 9.17) is 28.6 Å². The lowest BCUT2D eigenvalue weighted by atomic mass is 10.2. The lowest BCUT2D eigenvalue weighted by Crippen LogP contribution is -2.36. The van der Waals surface area contributed by atoms with Crippen LogP contribution in [0.4, 0.5) is 10.8 Å². The number of ether oxygens (including phenoxy) is 1. The lowest BCUT2D eigenvalue weighted by Gasteiger charge is -2.28.